The lowest BCUT2D eigenvalue weighted by Crippen LogP contribution is -2.28. The summed E-state index contributed by atoms with van der Waals surface area (Å²) in [6.07, 6.45) is 0. The van der Waals surface area contributed by atoms with Gasteiger partial charge in [-0.1, -0.05) is 0 Å². The van der Waals surface area contributed by atoms with E-state index in [9.17, 15) is 10.1 Å². The van der Waals surface area contributed by atoms with Crippen LogP contribution in [0.25, 0.3) is 0 Å². The summed E-state index contributed by atoms with van der Waals surface area (Å²) in [6.45, 7) is 0. The van der Waals surface area contributed by atoms with Crippen LogP contribution in [0.4, 0.5) is 0 Å². The number of ether oxygens (including phenoxy) is 3. The second-order valence-electron chi connectivity index (χ2n) is 5.18. The normalized spacial score (nSPS) is 15.8. The smallest absolute Gasteiger partial charge is 0.259 e. The summed E-state index contributed by atoms with van der Waals surface area (Å²) < 4.78 is 16.1. The molecule has 1 aliphatic heterocycles. The van der Waals surface area contributed by atoms with Gasteiger partial charge in [-0.05, 0) is 30.4 Å². The van der Waals surface area contributed by atoms with Crippen molar-refractivity contribution in [3.8, 4) is 23.4 Å². The number of allylic oxidation sites excluding steroid dienone is 1. The molecular formula is C16H14N4O4S. The van der Waals surface area contributed by atoms with Gasteiger partial charge < -0.3 is 24.9 Å². The Morgan fingerprint density at radius 1 is 1.32 bits per heavy atom. The van der Waals surface area contributed by atoms with Gasteiger partial charge in [0.25, 0.3) is 5.56 Å². The highest BCUT2D eigenvalue weighted by atomic mass is 32.1. The molecule has 0 bridgehead atoms. The third-order valence-corrected chi connectivity index (χ3v) is 4.07. The van der Waals surface area contributed by atoms with Crippen LogP contribution >= 0.6 is 12.2 Å². The number of rotatable bonds is 3. The first-order valence-corrected chi connectivity index (χ1v) is 7.57. The molecule has 25 heavy (non-hydrogen) atoms. The van der Waals surface area contributed by atoms with Gasteiger partial charge in [0.2, 0.25) is 11.8 Å². The lowest BCUT2D eigenvalue weighted by Gasteiger charge is -2.26. The molecule has 0 saturated carbocycles. The molecule has 3 rings (SSSR count). The summed E-state index contributed by atoms with van der Waals surface area (Å²) in [6, 6.07) is 7.10. The summed E-state index contributed by atoms with van der Waals surface area (Å²) in [5, 5.41) is 9.57. The van der Waals surface area contributed by atoms with Crippen LogP contribution < -0.4 is 25.5 Å². The molecule has 128 valence electrons. The molecule has 0 amide bonds. The number of benzene rings is 1. The highest BCUT2D eigenvalue weighted by molar-refractivity contribution is 7.71. The molecule has 1 aromatic heterocycles. The summed E-state index contributed by atoms with van der Waals surface area (Å²) in [7, 11) is 3.01. The molecule has 2 heterocycles. The molecule has 0 saturated heterocycles. The fourth-order valence-electron chi connectivity index (χ4n) is 2.77. The molecule has 9 heteroatoms. The summed E-state index contributed by atoms with van der Waals surface area (Å²) in [4.78, 5) is 17.8. The first-order chi connectivity index (χ1) is 12.0. The highest BCUT2D eigenvalue weighted by Gasteiger charge is 2.35. The summed E-state index contributed by atoms with van der Waals surface area (Å²) >= 11 is 4.97. The Balaban J connectivity index is 2.37. The monoisotopic (exact) mass is 358 g/mol. The van der Waals surface area contributed by atoms with Gasteiger partial charge in [-0.3, -0.25) is 9.78 Å². The molecule has 0 spiro atoms. The van der Waals surface area contributed by atoms with Crippen molar-refractivity contribution >= 4 is 12.2 Å². The number of nitrogens with zero attached hydrogens (tertiary/aromatic N) is 1. The van der Waals surface area contributed by atoms with Gasteiger partial charge >= 0.3 is 0 Å². The van der Waals surface area contributed by atoms with Gasteiger partial charge in [-0.25, -0.2) is 0 Å². The predicted octanol–water partition coefficient (Wildman–Crippen LogP) is 1.67. The zero-order valence-electron chi connectivity index (χ0n) is 13.4. The molecule has 0 aliphatic carbocycles. The molecule has 8 nitrogen and oxygen atoms in total. The van der Waals surface area contributed by atoms with E-state index in [2.05, 4.69) is 9.97 Å². The largest absolute Gasteiger partial charge is 0.497 e. The molecule has 0 fully saturated rings. The van der Waals surface area contributed by atoms with Crippen LogP contribution in [0.1, 0.15) is 17.0 Å². The van der Waals surface area contributed by atoms with Crippen molar-refractivity contribution in [3.05, 3.63) is 55.9 Å². The van der Waals surface area contributed by atoms with E-state index in [-0.39, 0.29) is 27.7 Å². The molecule has 2 aromatic rings. The first kappa shape index (κ1) is 16.6. The number of nitrogens with one attached hydrogen (secondary N) is 2. The predicted molar refractivity (Wildman–Crippen MR) is 91.1 cm³/mol. The van der Waals surface area contributed by atoms with Gasteiger partial charge in [0.05, 0.1) is 25.7 Å². The minimum atomic E-state index is -0.797. The number of nitriles is 1. The van der Waals surface area contributed by atoms with E-state index in [4.69, 9.17) is 32.2 Å². The number of hydrogen-bond acceptors (Lipinski definition) is 7. The average Bonchev–Trinajstić information content (AvgIpc) is 2.59. The molecule has 0 unspecified atom stereocenters. The minimum Gasteiger partial charge on any atom is -0.497 e. The number of aromatic nitrogens is 2. The van der Waals surface area contributed by atoms with Crippen molar-refractivity contribution in [2.24, 2.45) is 5.73 Å². The Morgan fingerprint density at radius 3 is 2.72 bits per heavy atom. The van der Waals surface area contributed by atoms with E-state index in [0.29, 0.717) is 17.1 Å². The van der Waals surface area contributed by atoms with E-state index in [1.165, 1.54) is 14.2 Å². The molecule has 4 N–H and O–H groups in total. The minimum absolute atomic E-state index is 0.0910. The van der Waals surface area contributed by atoms with E-state index in [1.54, 1.807) is 18.2 Å². The number of aromatic amines is 2. The SMILES string of the molecule is COc1ccc(OC)c([C@H]2C(C#N)=C(N)Oc3[nH]c(=S)[nH]c(=O)c32)c1. The van der Waals surface area contributed by atoms with Gasteiger partial charge in [0, 0.05) is 5.56 Å². The fraction of sp³-hybridized carbons (Fsp3) is 0.188. The van der Waals surface area contributed by atoms with Crippen molar-refractivity contribution < 1.29 is 14.2 Å². The van der Waals surface area contributed by atoms with E-state index < -0.39 is 11.5 Å². The Bertz CT molecular complexity index is 1030. The molecule has 1 aromatic carbocycles. The highest BCUT2D eigenvalue weighted by Crippen LogP contribution is 2.43. The summed E-state index contributed by atoms with van der Waals surface area (Å²) in [5.74, 6) is 0.205. The van der Waals surface area contributed by atoms with Crippen molar-refractivity contribution in [3.63, 3.8) is 0 Å². The fourth-order valence-corrected chi connectivity index (χ4v) is 2.95. The van der Waals surface area contributed by atoms with Crippen molar-refractivity contribution in [2.75, 3.05) is 14.2 Å². The van der Waals surface area contributed by atoms with Crippen molar-refractivity contribution in [2.45, 2.75) is 5.92 Å². The zero-order valence-corrected chi connectivity index (χ0v) is 14.2. The lowest BCUT2D eigenvalue weighted by atomic mass is 9.84. The van der Waals surface area contributed by atoms with Gasteiger partial charge in [0.15, 0.2) is 4.77 Å². The van der Waals surface area contributed by atoms with Crippen LogP contribution in [-0.2, 0) is 0 Å². The second-order valence-corrected chi connectivity index (χ2v) is 5.59. The van der Waals surface area contributed by atoms with Crippen molar-refractivity contribution in [1.82, 2.24) is 9.97 Å². The van der Waals surface area contributed by atoms with Crippen LogP contribution in [-0.4, -0.2) is 24.2 Å². The zero-order chi connectivity index (χ0) is 18.1. The van der Waals surface area contributed by atoms with E-state index in [0.717, 1.165) is 0 Å². The van der Waals surface area contributed by atoms with E-state index in [1.807, 2.05) is 6.07 Å². The average molecular weight is 358 g/mol. The van der Waals surface area contributed by atoms with Crippen LogP contribution in [0.15, 0.2) is 34.4 Å². The van der Waals surface area contributed by atoms with Crippen LogP contribution in [0.2, 0.25) is 0 Å². The maximum absolute atomic E-state index is 12.5. The topological polar surface area (TPSA) is 126 Å². The number of nitrogens with two attached hydrogens (primary N) is 1. The van der Waals surface area contributed by atoms with Gasteiger partial charge in [-0.2, -0.15) is 5.26 Å². The van der Waals surface area contributed by atoms with Crippen molar-refractivity contribution in [1.29, 1.82) is 5.26 Å². The molecular weight excluding hydrogens is 344 g/mol. The quantitative estimate of drug-likeness (QED) is 0.712. The third kappa shape index (κ3) is 2.72. The number of methoxy groups -OCH3 is 2. The van der Waals surface area contributed by atoms with Gasteiger partial charge in [0.1, 0.15) is 23.1 Å². The maximum Gasteiger partial charge on any atom is 0.259 e. The molecule has 1 aliphatic rings. The number of H-pyrrole nitrogens is 2. The molecule has 1 atom stereocenters. The van der Waals surface area contributed by atoms with Crippen LogP contribution in [0.5, 0.6) is 17.4 Å². The Hall–Kier alpha value is -3.25. The first-order valence-electron chi connectivity index (χ1n) is 7.16. The Kier molecular flexibility index (Phi) is 4.21. The standard InChI is InChI=1S/C16H14N4O4S/c1-22-7-3-4-10(23-2)8(5-7)11-9(6-17)13(18)24-15-12(11)14(21)19-16(25)20-15/h3-5,11H,18H2,1-2H3,(H2,19,20,21,25)/t11-/m0/s1. The third-order valence-electron chi connectivity index (χ3n) is 3.87. The van der Waals surface area contributed by atoms with Gasteiger partial charge in [-0.15, -0.1) is 0 Å². The van der Waals surface area contributed by atoms with Crippen LogP contribution in [0.3, 0.4) is 0 Å². The number of fused-ring (bicyclic) bond motifs is 1. The molecule has 0 radical (unpaired) electrons. The van der Waals surface area contributed by atoms with Crippen LogP contribution in [0, 0.1) is 16.1 Å². The lowest BCUT2D eigenvalue weighted by molar-refractivity contribution is 0.369. The maximum atomic E-state index is 12.5. The second kappa shape index (κ2) is 6.33. The summed E-state index contributed by atoms with van der Waals surface area (Å²) in [5.41, 5.74) is 6.24. The Labute approximate surface area is 147 Å². The number of hydrogen-bond donors (Lipinski definition) is 3. The van der Waals surface area contributed by atoms with E-state index >= 15 is 0 Å². The Morgan fingerprint density at radius 2 is 2.08 bits per heavy atom.